The van der Waals surface area contributed by atoms with Gasteiger partial charge in [0.2, 0.25) is 0 Å². The average molecular weight is 285 g/mol. The summed E-state index contributed by atoms with van der Waals surface area (Å²) in [6.45, 7) is 3.69. The second-order valence-corrected chi connectivity index (χ2v) is 5.12. The number of anilines is 1. The molecule has 4 nitrogen and oxygen atoms in total. The van der Waals surface area contributed by atoms with E-state index in [0.717, 1.165) is 10.9 Å². The molecule has 2 aromatic carbocycles. The minimum absolute atomic E-state index is 0.120. The van der Waals surface area contributed by atoms with Gasteiger partial charge in [-0.15, -0.1) is 0 Å². The van der Waals surface area contributed by atoms with Crippen LogP contribution in [0.2, 0.25) is 0 Å². The highest BCUT2D eigenvalue weighted by molar-refractivity contribution is 5.81. The normalized spacial score (nSPS) is 11.2. The molecule has 0 saturated carbocycles. The number of nitrogens with two attached hydrogens (primary N) is 1. The van der Waals surface area contributed by atoms with E-state index in [-0.39, 0.29) is 11.9 Å². The lowest BCUT2D eigenvalue weighted by molar-refractivity contribution is 0.231. The highest BCUT2D eigenvalue weighted by atomic mass is 19.1. The van der Waals surface area contributed by atoms with Crippen molar-refractivity contribution in [3.8, 4) is 11.4 Å². The number of ether oxygens (including phenoxy) is 1. The maximum atomic E-state index is 13.9. The third-order valence-corrected chi connectivity index (χ3v) is 3.15. The van der Waals surface area contributed by atoms with Gasteiger partial charge in [0.15, 0.2) is 11.6 Å². The fourth-order valence-electron chi connectivity index (χ4n) is 2.25. The zero-order chi connectivity index (χ0) is 15.0. The molecule has 0 aliphatic heterocycles. The van der Waals surface area contributed by atoms with E-state index in [9.17, 15) is 4.39 Å². The first-order valence-electron chi connectivity index (χ1n) is 6.75. The number of nitrogen functional groups attached to an aromatic ring is 1. The van der Waals surface area contributed by atoms with Crippen molar-refractivity contribution >= 4 is 16.6 Å². The molecule has 0 saturated heterocycles. The van der Waals surface area contributed by atoms with Gasteiger partial charge in [0, 0.05) is 17.5 Å². The second-order valence-electron chi connectivity index (χ2n) is 5.12. The van der Waals surface area contributed by atoms with E-state index in [2.05, 4.69) is 5.10 Å². The number of benzene rings is 2. The Labute approximate surface area is 121 Å². The molecule has 0 unspecified atom stereocenters. The minimum atomic E-state index is -0.471. The molecule has 0 atom stereocenters. The molecule has 0 aliphatic carbocycles. The van der Waals surface area contributed by atoms with Crippen LogP contribution in [0.4, 0.5) is 10.1 Å². The third-order valence-electron chi connectivity index (χ3n) is 3.15. The largest absolute Gasteiger partial charge is 0.488 e. The number of rotatable bonds is 3. The summed E-state index contributed by atoms with van der Waals surface area (Å²) in [6.07, 6.45) is 1.63. The number of hydrogen-bond donors (Lipinski definition) is 1. The van der Waals surface area contributed by atoms with Gasteiger partial charge in [-0.1, -0.05) is 18.2 Å². The van der Waals surface area contributed by atoms with E-state index in [4.69, 9.17) is 10.5 Å². The van der Waals surface area contributed by atoms with Crippen molar-refractivity contribution in [3.63, 3.8) is 0 Å². The Morgan fingerprint density at radius 2 is 2.00 bits per heavy atom. The number of fused-ring (bicyclic) bond motifs is 1. The first-order valence-corrected chi connectivity index (χ1v) is 6.75. The van der Waals surface area contributed by atoms with Gasteiger partial charge >= 0.3 is 0 Å². The molecule has 0 radical (unpaired) electrons. The highest BCUT2D eigenvalue weighted by Gasteiger charge is 2.14. The maximum Gasteiger partial charge on any atom is 0.167 e. The van der Waals surface area contributed by atoms with Crippen LogP contribution < -0.4 is 10.5 Å². The molecule has 0 aliphatic rings. The first-order chi connectivity index (χ1) is 10.1. The predicted molar refractivity (Wildman–Crippen MR) is 81.2 cm³/mol. The summed E-state index contributed by atoms with van der Waals surface area (Å²) in [5.74, 6) is -0.296. The quantitative estimate of drug-likeness (QED) is 0.749. The molecular formula is C16H16FN3O. The monoisotopic (exact) mass is 285 g/mol. The van der Waals surface area contributed by atoms with Crippen molar-refractivity contribution in [3.05, 3.63) is 48.4 Å². The van der Waals surface area contributed by atoms with Gasteiger partial charge in [-0.3, -0.25) is 0 Å². The number of para-hydroxylation sites is 1. The molecule has 0 amide bonds. The zero-order valence-electron chi connectivity index (χ0n) is 11.9. The number of aromatic nitrogens is 2. The van der Waals surface area contributed by atoms with Crippen LogP contribution in [0.5, 0.6) is 5.75 Å². The molecule has 3 rings (SSSR count). The lowest BCUT2D eigenvalue weighted by atomic mass is 10.2. The molecule has 21 heavy (non-hydrogen) atoms. The fraction of sp³-hybridized carbons (Fsp3) is 0.188. The average Bonchev–Trinajstić information content (AvgIpc) is 2.85. The number of halogens is 1. The Kier molecular flexibility index (Phi) is 3.25. The van der Waals surface area contributed by atoms with E-state index in [1.165, 1.54) is 6.07 Å². The predicted octanol–water partition coefficient (Wildman–Crippen LogP) is 3.53. The van der Waals surface area contributed by atoms with Crippen molar-refractivity contribution in [2.45, 2.75) is 20.0 Å². The smallest absolute Gasteiger partial charge is 0.167 e. The molecule has 108 valence electrons. The first kappa shape index (κ1) is 13.4. The summed E-state index contributed by atoms with van der Waals surface area (Å²) >= 11 is 0. The Morgan fingerprint density at radius 3 is 2.76 bits per heavy atom. The van der Waals surface area contributed by atoms with Gasteiger partial charge in [0.1, 0.15) is 0 Å². The SMILES string of the molecule is CC(C)Oc1cc(-n2ncc3ccccc32)c(N)cc1F. The number of hydrogen-bond acceptors (Lipinski definition) is 3. The van der Waals surface area contributed by atoms with Gasteiger partial charge < -0.3 is 10.5 Å². The van der Waals surface area contributed by atoms with E-state index in [1.54, 1.807) is 16.9 Å². The highest BCUT2D eigenvalue weighted by Crippen LogP contribution is 2.29. The number of nitrogens with zero attached hydrogens (tertiary/aromatic N) is 2. The van der Waals surface area contributed by atoms with Crippen LogP contribution in [0.3, 0.4) is 0 Å². The second kappa shape index (κ2) is 5.09. The summed E-state index contributed by atoms with van der Waals surface area (Å²) in [5, 5.41) is 5.33. The fourth-order valence-corrected chi connectivity index (χ4v) is 2.25. The van der Waals surface area contributed by atoms with Gasteiger partial charge in [-0.05, 0) is 19.9 Å². The van der Waals surface area contributed by atoms with Crippen LogP contribution in [0.25, 0.3) is 16.6 Å². The summed E-state index contributed by atoms with van der Waals surface area (Å²) in [5.41, 5.74) is 7.78. The van der Waals surface area contributed by atoms with Gasteiger partial charge in [0.05, 0.1) is 29.2 Å². The van der Waals surface area contributed by atoms with Crippen LogP contribution in [-0.4, -0.2) is 15.9 Å². The van der Waals surface area contributed by atoms with E-state index in [0.29, 0.717) is 11.4 Å². The molecule has 0 spiro atoms. The van der Waals surface area contributed by atoms with Crippen LogP contribution in [0, 0.1) is 5.82 Å². The van der Waals surface area contributed by atoms with Crippen LogP contribution >= 0.6 is 0 Å². The van der Waals surface area contributed by atoms with E-state index in [1.807, 2.05) is 38.1 Å². The van der Waals surface area contributed by atoms with Gasteiger partial charge in [-0.2, -0.15) is 5.10 Å². The van der Waals surface area contributed by atoms with Crippen molar-refractivity contribution < 1.29 is 9.13 Å². The Morgan fingerprint density at radius 1 is 1.24 bits per heavy atom. The summed E-state index contributed by atoms with van der Waals surface area (Å²) < 4.78 is 21.1. The Hall–Kier alpha value is -2.56. The molecular weight excluding hydrogens is 269 g/mol. The van der Waals surface area contributed by atoms with Gasteiger partial charge in [-0.25, -0.2) is 9.07 Å². The van der Waals surface area contributed by atoms with Crippen molar-refractivity contribution in [1.82, 2.24) is 9.78 Å². The lowest BCUT2D eigenvalue weighted by Gasteiger charge is -2.14. The Bertz CT molecular complexity index is 795. The Balaban J connectivity index is 2.17. The topological polar surface area (TPSA) is 53.1 Å². The summed E-state index contributed by atoms with van der Waals surface area (Å²) in [7, 11) is 0. The van der Waals surface area contributed by atoms with E-state index < -0.39 is 5.82 Å². The van der Waals surface area contributed by atoms with Crippen molar-refractivity contribution in [2.24, 2.45) is 0 Å². The minimum Gasteiger partial charge on any atom is -0.488 e. The summed E-state index contributed by atoms with van der Waals surface area (Å²) in [4.78, 5) is 0. The van der Waals surface area contributed by atoms with Crippen LogP contribution in [0.1, 0.15) is 13.8 Å². The molecule has 0 bridgehead atoms. The lowest BCUT2D eigenvalue weighted by Crippen LogP contribution is -2.09. The van der Waals surface area contributed by atoms with Crippen LogP contribution in [-0.2, 0) is 0 Å². The molecule has 3 aromatic rings. The van der Waals surface area contributed by atoms with Crippen LogP contribution in [0.15, 0.2) is 42.6 Å². The van der Waals surface area contributed by atoms with Crippen molar-refractivity contribution in [2.75, 3.05) is 5.73 Å². The maximum absolute atomic E-state index is 13.9. The zero-order valence-corrected chi connectivity index (χ0v) is 11.9. The molecule has 1 aromatic heterocycles. The van der Waals surface area contributed by atoms with Crippen molar-refractivity contribution in [1.29, 1.82) is 0 Å². The standard InChI is InChI=1S/C16H16FN3O/c1-10(2)21-16-8-15(13(18)7-12(16)17)20-14-6-4-3-5-11(14)9-19-20/h3-10H,18H2,1-2H3. The third kappa shape index (κ3) is 2.42. The van der Waals surface area contributed by atoms with Gasteiger partial charge in [0.25, 0.3) is 0 Å². The summed E-state index contributed by atoms with van der Waals surface area (Å²) in [6, 6.07) is 10.6. The molecule has 2 N–H and O–H groups in total. The molecule has 0 fully saturated rings. The molecule has 5 heteroatoms. The van der Waals surface area contributed by atoms with E-state index >= 15 is 0 Å². The molecule has 1 heterocycles.